The Balaban J connectivity index is 2.03. The standard InChI is InChI=1S/C17H22N2O5/c1-3-18(8-7-17(22)23)15(20)6-9-19-13-10-12(2)4-5-14(13)24-11-16(19)21/h4-5,10H,3,6-9,11H2,1-2H3,(H,22,23). The minimum absolute atomic E-state index is 0.0409. The summed E-state index contributed by atoms with van der Waals surface area (Å²) < 4.78 is 5.41. The van der Waals surface area contributed by atoms with Crippen molar-refractivity contribution in [2.75, 3.05) is 31.1 Å². The summed E-state index contributed by atoms with van der Waals surface area (Å²) >= 11 is 0. The van der Waals surface area contributed by atoms with Gasteiger partial charge in [-0.05, 0) is 31.5 Å². The van der Waals surface area contributed by atoms with E-state index in [-0.39, 0.29) is 44.4 Å². The number of amides is 2. The number of rotatable bonds is 7. The van der Waals surface area contributed by atoms with Gasteiger partial charge < -0.3 is 19.6 Å². The molecule has 24 heavy (non-hydrogen) atoms. The normalized spacial score (nSPS) is 13.2. The first-order valence-corrected chi connectivity index (χ1v) is 7.95. The van der Waals surface area contributed by atoms with Gasteiger partial charge in [0.15, 0.2) is 6.61 Å². The predicted octanol–water partition coefficient (Wildman–Crippen LogP) is 1.43. The Morgan fingerprint density at radius 3 is 2.75 bits per heavy atom. The quantitative estimate of drug-likeness (QED) is 0.815. The zero-order chi connectivity index (χ0) is 17.7. The summed E-state index contributed by atoms with van der Waals surface area (Å²) in [5.41, 5.74) is 1.67. The number of fused-ring (bicyclic) bond motifs is 1. The van der Waals surface area contributed by atoms with E-state index in [1.54, 1.807) is 11.8 Å². The van der Waals surface area contributed by atoms with Gasteiger partial charge in [-0.25, -0.2) is 0 Å². The fourth-order valence-electron chi connectivity index (χ4n) is 2.61. The first kappa shape index (κ1) is 17.8. The highest BCUT2D eigenvalue weighted by atomic mass is 16.5. The van der Waals surface area contributed by atoms with Gasteiger partial charge in [0.05, 0.1) is 12.1 Å². The minimum Gasteiger partial charge on any atom is -0.482 e. The molecule has 0 saturated heterocycles. The average Bonchev–Trinajstić information content (AvgIpc) is 2.54. The van der Waals surface area contributed by atoms with Gasteiger partial charge >= 0.3 is 5.97 Å². The number of carboxylic acid groups (broad SMARTS) is 1. The zero-order valence-electron chi connectivity index (χ0n) is 13.9. The summed E-state index contributed by atoms with van der Waals surface area (Å²) in [7, 11) is 0. The molecular weight excluding hydrogens is 312 g/mol. The lowest BCUT2D eigenvalue weighted by molar-refractivity contribution is -0.138. The summed E-state index contributed by atoms with van der Waals surface area (Å²) in [6, 6.07) is 5.58. The van der Waals surface area contributed by atoms with Crippen LogP contribution < -0.4 is 9.64 Å². The number of aryl methyl sites for hydroxylation is 1. The van der Waals surface area contributed by atoms with Gasteiger partial charge in [0.2, 0.25) is 5.91 Å². The highest BCUT2D eigenvalue weighted by Crippen LogP contribution is 2.32. The highest BCUT2D eigenvalue weighted by Gasteiger charge is 2.26. The number of ether oxygens (including phenoxy) is 1. The van der Waals surface area contributed by atoms with E-state index in [9.17, 15) is 14.4 Å². The molecule has 0 unspecified atom stereocenters. The molecule has 0 spiro atoms. The Bertz CT molecular complexity index is 644. The van der Waals surface area contributed by atoms with E-state index in [0.29, 0.717) is 18.0 Å². The van der Waals surface area contributed by atoms with Crippen LogP contribution in [0.1, 0.15) is 25.3 Å². The largest absolute Gasteiger partial charge is 0.482 e. The van der Waals surface area contributed by atoms with Crippen LogP contribution in [0.2, 0.25) is 0 Å². The lowest BCUT2D eigenvalue weighted by Crippen LogP contribution is -2.42. The molecule has 7 nitrogen and oxygen atoms in total. The number of nitrogens with zero attached hydrogens (tertiary/aromatic N) is 2. The maximum atomic E-state index is 12.3. The second-order valence-electron chi connectivity index (χ2n) is 5.67. The third-order valence-corrected chi connectivity index (χ3v) is 3.94. The fourth-order valence-corrected chi connectivity index (χ4v) is 2.61. The van der Waals surface area contributed by atoms with Crippen LogP contribution >= 0.6 is 0 Å². The molecule has 2 rings (SSSR count). The Kier molecular flexibility index (Phi) is 5.78. The molecule has 1 N–H and O–H groups in total. The van der Waals surface area contributed by atoms with E-state index in [2.05, 4.69) is 0 Å². The van der Waals surface area contributed by atoms with Gasteiger partial charge in [0.25, 0.3) is 5.91 Å². The van der Waals surface area contributed by atoms with Crippen LogP contribution in [0, 0.1) is 6.92 Å². The van der Waals surface area contributed by atoms with Gasteiger partial charge in [-0.1, -0.05) is 6.07 Å². The van der Waals surface area contributed by atoms with E-state index >= 15 is 0 Å². The van der Waals surface area contributed by atoms with Crippen LogP contribution in [0.25, 0.3) is 0 Å². The third-order valence-electron chi connectivity index (χ3n) is 3.94. The average molecular weight is 334 g/mol. The molecule has 1 aliphatic rings. The van der Waals surface area contributed by atoms with Crippen molar-refractivity contribution in [3.05, 3.63) is 23.8 Å². The van der Waals surface area contributed by atoms with E-state index in [1.807, 2.05) is 25.1 Å². The first-order valence-electron chi connectivity index (χ1n) is 7.95. The molecule has 0 saturated carbocycles. The summed E-state index contributed by atoms with van der Waals surface area (Å²) in [6.45, 7) is 4.56. The highest BCUT2D eigenvalue weighted by molar-refractivity contribution is 5.98. The van der Waals surface area contributed by atoms with E-state index in [0.717, 1.165) is 5.56 Å². The van der Waals surface area contributed by atoms with Crippen molar-refractivity contribution in [1.29, 1.82) is 0 Å². The van der Waals surface area contributed by atoms with Gasteiger partial charge in [-0.3, -0.25) is 14.4 Å². The SMILES string of the molecule is CCN(CCC(=O)O)C(=O)CCN1C(=O)COc2ccc(C)cc21. The molecule has 2 amide bonds. The monoisotopic (exact) mass is 334 g/mol. The molecule has 1 aliphatic heterocycles. The maximum Gasteiger partial charge on any atom is 0.305 e. The molecule has 0 atom stereocenters. The number of hydrogen-bond donors (Lipinski definition) is 1. The van der Waals surface area contributed by atoms with E-state index in [1.165, 1.54) is 4.90 Å². The number of carboxylic acids is 1. The van der Waals surface area contributed by atoms with Crippen LogP contribution in [-0.4, -0.2) is 54.0 Å². The minimum atomic E-state index is -0.936. The summed E-state index contributed by atoms with van der Waals surface area (Å²) in [5, 5.41) is 8.74. The number of hydrogen-bond acceptors (Lipinski definition) is 4. The molecule has 1 aromatic rings. The van der Waals surface area contributed by atoms with Crippen LogP contribution in [0.5, 0.6) is 5.75 Å². The van der Waals surface area contributed by atoms with Gasteiger partial charge in [-0.15, -0.1) is 0 Å². The second-order valence-corrected chi connectivity index (χ2v) is 5.67. The first-order chi connectivity index (χ1) is 11.4. The lowest BCUT2D eigenvalue weighted by atomic mass is 10.1. The van der Waals surface area contributed by atoms with Crippen LogP contribution in [-0.2, 0) is 14.4 Å². The molecule has 0 radical (unpaired) electrons. The number of carbonyl (C=O) groups is 3. The lowest BCUT2D eigenvalue weighted by Gasteiger charge is -2.30. The summed E-state index contributed by atoms with van der Waals surface area (Å²) in [4.78, 5) is 38.1. The number of carbonyl (C=O) groups excluding carboxylic acids is 2. The molecule has 1 heterocycles. The molecule has 0 aliphatic carbocycles. The van der Waals surface area contributed by atoms with Crippen molar-refractivity contribution in [1.82, 2.24) is 4.90 Å². The molecule has 130 valence electrons. The molecule has 7 heteroatoms. The van der Waals surface area contributed by atoms with Crippen molar-refractivity contribution in [2.24, 2.45) is 0 Å². The number of benzene rings is 1. The van der Waals surface area contributed by atoms with Crippen molar-refractivity contribution >= 4 is 23.5 Å². The maximum absolute atomic E-state index is 12.3. The van der Waals surface area contributed by atoms with Gasteiger partial charge in [-0.2, -0.15) is 0 Å². The van der Waals surface area contributed by atoms with Crippen molar-refractivity contribution in [3.8, 4) is 5.75 Å². The smallest absolute Gasteiger partial charge is 0.305 e. The molecule has 0 aromatic heterocycles. The molecule has 1 aromatic carbocycles. The van der Waals surface area contributed by atoms with E-state index < -0.39 is 5.97 Å². The Labute approximate surface area is 140 Å². The second kappa shape index (κ2) is 7.81. The topological polar surface area (TPSA) is 87.2 Å². The molecular formula is C17H22N2O5. The van der Waals surface area contributed by atoms with Gasteiger partial charge in [0.1, 0.15) is 5.75 Å². The summed E-state index contributed by atoms with van der Waals surface area (Å²) in [6.07, 6.45) is 0.0602. The van der Waals surface area contributed by atoms with Gasteiger partial charge in [0, 0.05) is 26.1 Å². The Morgan fingerprint density at radius 2 is 2.08 bits per heavy atom. The van der Waals surface area contributed by atoms with Crippen LogP contribution in [0.3, 0.4) is 0 Å². The predicted molar refractivity (Wildman–Crippen MR) is 88.2 cm³/mol. The Hall–Kier alpha value is -2.57. The summed E-state index contributed by atoms with van der Waals surface area (Å²) in [5.74, 6) is -0.651. The van der Waals surface area contributed by atoms with Crippen molar-refractivity contribution in [2.45, 2.75) is 26.7 Å². The zero-order valence-corrected chi connectivity index (χ0v) is 13.9. The van der Waals surface area contributed by atoms with E-state index in [4.69, 9.17) is 9.84 Å². The molecule has 0 bridgehead atoms. The fraction of sp³-hybridized carbons (Fsp3) is 0.471. The number of aliphatic carboxylic acids is 1. The van der Waals surface area contributed by atoms with Crippen molar-refractivity contribution in [3.63, 3.8) is 0 Å². The van der Waals surface area contributed by atoms with Crippen molar-refractivity contribution < 1.29 is 24.2 Å². The Morgan fingerprint density at radius 1 is 1.33 bits per heavy atom. The third kappa shape index (κ3) is 4.24. The molecule has 0 fully saturated rings. The van der Waals surface area contributed by atoms with Crippen LogP contribution in [0.4, 0.5) is 5.69 Å². The van der Waals surface area contributed by atoms with Crippen LogP contribution in [0.15, 0.2) is 18.2 Å². The number of anilines is 1.